The van der Waals surface area contributed by atoms with Crippen LogP contribution in [0.15, 0.2) is 0 Å². The van der Waals surface area contributed by atoms with Crippen molar-refractivity contribution in [1.82, 2.24) is 0 Å². The van der Waals surface area contributed by atoms with Crippen molar-refractivity contribution in [1.29, 1.82) is 5.41 Å². The Morgan fingerprint density at radius 2 is 2.00 bits per heavy atom. The van der Waals surface area contributed by atoms with Crippen LogP contribution in [0.1, 0.15) is 6.92 Å². The SMILES string of the molecule is CC(=O)C(C(=N)N)C(=O)O. The summed E-state index contributed by atoms with van der Waals surface area (Å²) in [5, 5.41) is 15.0. The van der Waals surface area contributed by atoms with Crippen molar-refractivity contribution in [2.45, 2.75) is 6.92 Å². The molecule has 56 valence electrons. The van der Waals surface area contributed by atoms with Crippen LogP contribution >= 0.6 is 0 Å². The second-order valence-electron chi connectivity index (χ2n) is 1.84. The minimum absolute atomic E-state index is 0.625. The summed E-state index contributed by atoms with van der Waals surface area (Å²) in [5.74, 6) is -4.10. The predicted molar refractivity (Wildman–Crippen MR) is 33.7 cm³/mol. The molecule has 0 heterocycles. The van der Waals surface area contributed by atoms with E-state index in [1.54, 1.807) is 0 Å². The van der Waals surface area contributed by atoms with Crippen LogP contribution in [0.4, 0.5) is 0 Å². The number of amidine groups is 1. The van der Waals surface area contributed by atoms with Crippen LogP contribution in [-0.2, 0) is 9.59 Å². The maximum absolute atomic E-state index is 10.4. The number of hydrogen-bond acceptors (Lipinski definition) is 3. The van der Waals surface area contributed by atoms with Crippen LogP contribution < -0.4 is 5.73 Å². The van der Waals surface area contributed by atoms with Crippen molar-refractivity contribution in [3.8, 4) is 0 Å². The summed E-state index contributed by atoms with van der Waals surface area (Å²) in [7, 11) is 0. The molecule has 0 aliphatic heterocycles. The van der Waals surface area contributed by atoms with E-state index in [9.17, 15) is 9.59 Å². The molecule has 10 heavy (non-hydrogen) atoms. The number of carbonyl (C=O) groups is 2. The molecule has 4 N–H and O–H groups in total. The number of aliphatic carboxylic acids is 1. The van der Waals surface area contributed by atoms with Crippen LogP contribution in [0, 0.1) is 11.3 Å². The molecule has 0 bridgehead atoms. The van der Waals surface area contributed by atoms with Crippen LogP contribution in [-0.4, -0.2) is 22.7 Å². The highest BCUT2D eigenvalue weighted by molar-refractivity contribution is 6.15. The van der Waals surface area contributed by atoms with Crippen molar-refractivity contribution in [2.24, 2.45) is 11.7 Å². The van der Waals surface area contributed by atoms with Crippen LogP contribution in [0.3, 0.4) is 0 Å². The molecular formula is C5H8N2O3. The van der Waals surface area contributed by atoms with E-state index in [0.29, 0.717) is 0 Å². The zero-order valence-corrected chi connectivity index (χ0v) is 5.42. The third-order valence-electron chi connectivity index (χ3n) is 0.964. The standard InChI is InChI=1S/C5H8N2O3/c1-2(8)3(4(6)7)5(9)10/h3H,1H3,(H3,6,7)(H,9,10). The summed E-state index contributed by atoms with van der Waals surface area (Å²) < 4.78 is 0. The second kappa shape index (κ2) is 2.95. The first-order valence-electron chi connectivity index (χ1n) is 2.54. The van der Waals surface area contributed by atoms with E-state index in [1.807, 2.05) is 0 Å². The molecule has 0 aromatic carbocycles. The first kappa shape index (κ1) is 8.61. The highest BCUT2D eigenvalue weighted by Gasteiger charge is 2.25. The molecule has 0 saturated carbocycles. The van der Waals surface area contributed by atoms with Crippen molar-refractivity contribution in [3.05, 3.63) is 0 Å². The fourth-order valence-electron chi connectivity index (χ4n) is 0.526. The van der Waals surface area contributed by atoms with Gasteiger partial charge < -0.3 is 10.8 Å². The molecule has 0 aliphatic rings. The average molecular weight is 144 g/mol. The number of carboxylic acids is 1. The zero-order chi connectivity index (χ0) is 8.31. The van der Waals surface area contributed by atoms with Crippen LogP contribution in [0.2, 0.25) is 0 Å². The van der Waals surface area contributed by atoms with Crippen LogP contribution in [0.25, 0.3) is 0 Å². The predicted octanol–water partition coefficient (Wildman–Crippen LogP) is -0.788. The minimum Gasteiger partial charge on any atom is -0.480 e. The summed E-state index contributed by atoms with van der Waals surface area (Å²) in [4.78, 5) is 20.6. The Morgan fingerprint density at radius 3 is 2.00 bits per heavy atom. The van der Waals surface area contributed by atoms with Gasteiger partial charge >= 0.3 is 5.97 Å². The number of Topliss-reactive ketones (excluding diaryl/α,β-unsaturated/α-hetero) is 1. The molecule has 0 saturated heterocycles. The number of carboxylic acid groups (broad SMARTS) is 1. The lowest BCUT2D eigenvalue weighted by Gasteiger charge is -2.03. The Kier molecular flexibility index (Phi) is 2.54. The topological polar surface area (TPSA) is 104 Å². The molecule has 1 unspecified atom stereocenters. The van der Waals surface area contributed by atoms with E-state index in [1.165, 1.54) is 0 Å². The van der Waals surface area contributed by atoms with Gasteiger partial charge in [0.2, 0.25) is 0 Å². The van der Waals surface area contributed by atoms with E-state index in [2.05, 4.69) is 0 Å². The van der Waals surface area contributed by atoms with Gasteiger partial charge in [0.05, 0.1) is 0 Å². The molecule has 5 heteroatoms. The Balaban J connectivity index is 4.43. The lowest BCUT2D eigenvalue weighted by atomic mass is 10.1. The van der Waals surface area contributed by atoms with Gasteiger partial charge in [-0.15, -0.1) is 0 Å². The molecule has 0 spiro atoms. The monoisotopic (exact) mass is 144 g/mol. The molecule has 5 nitrogen and oxygen atoms in total. The molecule has 0 amide bonds. The Morgan fingerprint density at radius 1 is 1.60 bits per heavy atom. The fraction of sp³-hybridized carbons (Fsp3) is 0.400. The first-order chi connectivity index (χ1) is 4.46. The van der Waals surface area contributed by atoms with Gasteiger partial charge in [0, 0.05) is 0 Å². The lowest BCUT2D eigenvalue weighted by Crippen LogP contribution is -2.34. The van der Waals surface area contributed by atoms with Crippen molar-refractivity contribution < 1.29 is 14.7 Å². The number of nitrogens with two attached hydrogens (primary N) is 1. The largest absolute Gasteiger partial charge is 0.480 e. The quantitative estimate of drug-likeness (QED) is 0.274. The average Bonchev–Trinajstić information content (AvgIpc) is 1.59. The molecular weight excluding hydrogens is 136 g/mol. The van der Waals surface area contributed by atoms with Crippen LogP contribution in [0.5, 0.6) is 0 Å². The molecule has 0 fully saturated rings. The Bertz CT molecular complexity index is 154. The summed E-state index contributed by atoms with van der Waals surface area (Å²) in [6.45, 7) is 1.08. The molecule has 0 aromatic heterocycles. The molecule has 0 aromatic rings. The van der Waals surface area contributed by atoms with Gasteiger partial charge in [0.1, 0.15) is 5.84 Å². The second-order valence-corrected chi connectivity index (χ2v) is 1.84. The number of nitrogens with one attached hydrogen (secondary N) is 1. The maximum Gasteiger partial charge on any atom is 0.321 e. The molecule has 0 aliphatic carbocycles. The Hall–Kier alpha value is -1.39. The third-order valence-corrected chi connectivity index (χ3v) is 0.964. The zero-order valence-electron chi connectivity index (χ0n) is 5.42. The van der Waals surface area contributed by atoms with Gasteiger partial charge in [0.25, 0.3) is 0 Å². The summed E-state index contributed by atoms with van der Waals surface area (Å²) in [6.07, 6.45) is 0. The van der Waals surface area contributed by atoms with Gasteiger partial charge in [-0.2, -0.15) is 0 Å². The maximum atomic E-state index is 10.4. The lowest BCUT2D eigenvalue weighted by molar-refractivity contribution is -0.142. The van der Waals surface area contributed by atoms with E-state index in [4.69, 9.17) is 16.2 Å². The van der Waals surface area contributed by atoms with Crippen molar-refractivity contribution in [3.63, 3.8) is 0 Å². The molecule has 1 atom stereocenters. The highest BCUT2D eigenvalue weighted by Crippen LogP contribution is 1.96. The van der Waals surface area contributed by atoms with Crippen molar-refractivity contribution >= 4 is 17.6 Å². The molecule has 0 radical (unpaired) electrons. The summed E-state index contributed by atoms with van der Waals surface area (Å²) in [6, 6.07) is 0. The highest BCUT2D eigenvalue weighted by atomic mass is 16.4. The smallest absolute Gasteiger partial charge is 0.321 e. The van der Waals surface area contributed by atoms with Gasteiger partial charge in [-0.1, -0.05) is 0 Å². The minimum atomic E-state index is -1.47. The third kappa shape index (κ3) is 1.85. The van der Waals surface area contributed by atoms with Crippen molar-refractivity contribution in [2.75, 3.05) is 0 Å². The normalized spacial score (nSPS) is 12.1. The van der Waals surface area contributed by atoms with E-state index < -0.39 is 23.5 Å². The number of ketones is 1. The number of rotatable bonds is 3. The fourth-order valence-corrected chi connectivity index (χ4v) is 0.526. The summed E-state index contributed by atoms with van der Waals surface area (Å²) >= 11 is 0. The number of hydrogen-bond donors (Lipinski definition) is 3. The van der Waals surface area contributed by atoms with Gasteiger partial charge in [-0.3, -0.25) is 15.0 Å². The summed E-state index contributed by atoms with van der Waals surface area (Å²) in [5.41, 5.74) is 4.82. The van der Waals surface area contributed by atoms with Gasteiger partial charge in [-0.05, 0) is 6.92 Å². The van der Waals surface area contributed by atoms with Gasteiger partial charge in [0.15, 0.2) is 11.7 Å². The first-order valence-corrected chi connectivity index (χ1v) is 2.54. The van der Waals surface area contributed by atoms with Gasteiger partial charge in [-0.25, -0.2) is 0 Å². The Labute approximate surface area is 57.3 Å². The van der Waals surface area contributed by atoms with E-state index >= 15 is 0 Å². The van der Waals surface area contributed by atoms with E-state index in [-0.39, 0.29) is 0 Å². The number of carbonyl (C=O) groups excluding carboxylic acids is 1. The van der Waals surface area contributed by atoms with E-state index in [0.717, 1.165) is 6.92 Å². The molecule has 0 rings (SSSR count).